The van der Waals surface area contributed by atoms with Crippen LogP contribution in [0.2, 0.25) is 0 Å². The van der Waals surface area contributed by atoms with Gasteiger partial charge in [0, 0.05) is 17.5 Å². The monoisotopic (exact) mass is 162 g/mol. The summed E-state index contributed by atoms with van der Waals surface area (Å²) in [5.41, 5.74) is 5.95. The van der Waals surface area contributed by atoms with E-state index in [9.17, 15) is 0 Å². The SMILES string of the molecule is CCC(C)SCCNNC. The Bertz CT molecular complexity index is 68.6. The smallest absolute Gasteiger partial charge is 0.0191 e. The van der Waals surface area contributed by atoms with Crippen LogP contribution in [0.3, 0.4) is 0 Å². The van der Waals surface area contributed by atoms with E-state index in [1.54, 1.807) is 0 Å². The first-order valence-electron chi connectivity index (χ1n) is 3.82. The number of hydrogen-bond donors (Lipinski definition) is 2. The van der Waals surface area contributed by atoms with Crippen LogP contribution in [0.5, 0.6) is 0 Å². The number of hydrazine groups is 1. The van der Waals surface area contributed by atoms with Crippen molar-refractivity contribution in [2.45, 2.75) is 25.5 Å². The molecule has 0 aliphatic heterocycles. The maximum Gasteiger partial charge on any atom is 0.0191 e. The van der Waals surface area contributed by atoms with Gasteiger partial charge in [-0.3, -0.25) is 10.9 Å². The predicted octanol–water partition coefficient (Wildman–Crippen LogP) is 1.24. The number of hydrogen-bond acceptors (Lipinski definition) is 3. The third-order valence-electron chi connectivity index (χ3n) is 1.38. The summed E-state index contributed by atoms with van der Waals surface area (Å²) in [4.78, 5) is 0. The highest BCUT2D eigenvalue weighted by Gasteiger charge is 1.96. The summed E-state index contributed by atoms with van der Waals surface area (Å²) in [6, 6.07) is 0. The highest BCUT2D eigenvalue weighted by Crippen LogP contribution is 2.11. The van der Waals surface area contributed by atoms with Crippen molar-refractivity contribution in [3.63, 3.8) is 0 Å². The molecular formula is C7H18N2S. The maximum atomic E-state index is 3.06. The van der Waals surface area contributed by atoms with Crippen molar-refractivity contribution in [3.05, 3.63) is 0 Å². The fourth-order valence-electron chi connectivity index (χ4n) is 0.554. The quantitative estimate of drug-likeness (QED) is 0.454. The van der Waals surface area contributed by atoms with Gasteiger partial charge in [0.2, 0.25) is 0 Å². The van der Waals surface area contributed by atoms with E-state index in [0.29, 0.717) is 0 Å². The van der Waals surface area contributed by atoms with Crippen LogP contribution in [0.4, 0.5) is 0 Å². The zero-order chi connectivity index (χ0) is 7.82. The Morgan fingerprint density at radius 1 is 1.50 bits per heavy atom. The van der Waals surface area contributed by atoms with Gasteiger partial charge in [-0.25, -0.2) is 0 Å². The van der Waals surface area contributed by atoms with E-state index in [2.05, 4.69) is 24.7 Å². The Labute approximate surface area is 68.1 Å². The molecule has 0 heterocycles. The minimum atomic E-state index is 0.804. The molecule has 0 aromatic carbocycles. The summed E-state index contributed by atoms with van der Waals surface area (Å²) in [7, 11) is 1.90. The summed E-state index contributed by atoms with van der Waals surface area (Å²) in [6.45, 7) is 5.54. The molecule has 0 aromatic rings. The Morgan fingerprint density at radius 3 is 2.70 bits per heavy atom. The lowest BCUT2D eigenvalue weighted by atomic mass is 10.4. The lowest BCUT2D eigenvalue weighted by Crippen LogP contribution is -2.29. The lowest BCUT2D eigenvalue weighted by Gasteiger charge is -2.07. The first kappa shape index (κ1) is 10.3. The molecule has 0 aromatic heterocycles. The van der Waals surface area contributed by atoms with E-state index in [0.717, 1.165) is 11.8 Å². The molecule has 0 rings (SSSR count). The molecule has 0 amide bonds. The van der Waals surface area contributed by atoms with Crippen molar-refractivity contribution in [1.82, 2.24) is 10.9 Å². The molecule has 0 bridgehead atoms. The minimum absolute atomic E-state index is 0.804. The second-order valence-electron chi connectivity index (χ2n) is 2.27. The van der Waals surface area contributed by atoms with Crippen LogP contribution < -0.4 is 10.9 Å². The second kappa shape index (κ2) is 7.38. The number of rotatable bonds is 6. The summed E-state index contributed by atoms with van der Waals surface area (Å²) in [5, 5.41) is 0.804. The van der Waals surface area contributed by atoms with E-state index in [1.165, 1.54) is 12.2 Å². The normalized spacial score (nSPS) is 13.5. The van der Waals surface area contributed by atoms with Crippen LogP contribution in [-0.4, -0.2) is 24.6 Å². The maximum absolute atomic E-state index is 3.06. The van der Waals surface area contributed by atoms with E-state index in [-0.39, 0.29) is 0 Å². The van der Waals surface area contributed by atoms with Gasteiger partial charge in [0.25, 0.3) is 0 Å². The molecule has 3 heteroatoms. The lowest BCUT2D eigenvalue weighted by molar-refractivity contribution is 0.626. The third kappa shape index (κ3) is 6.39. The van der Waals surface area contributed by atoms with Gasteiger partial charge in [-0.15, -0.1) is 0 Å². The van der Waals surface area contributed by atoms with Crippen molar-refractivity contribution < 1.29 is 0 Å². The van der Waals surface area contributed by atoms with Crippen LogP contribution in [0, 0.1) is 0 Å². The van der Waals surface area contributed by atoms with Gasteiger partial charge in [-0.05, 0) is 13.5 Å². The molecule has 2 nitrogen and oxygen atoms in total. The van der Waals surface area contributed by atoms with Crippen molar-refractivity contribution in [1.29, 1.82) is 0 Å². The molecule has 0 aliphatic rings. The van der Waals surface area contributed by atoms with Gasteiger partial charge in [0.05, 0.1) is 0 Å². The van der Waals surface area contributed by atoms with Gasteiger partial charge in [-0.1, -0.05) is 13.8 Å². The molecule has 0 aliphatic carbocycles. The molecule has 0 radical (unpaired) electrons. The topological polar surface area (TPSA) is 24.1 Å². The third-order valence-corrected chi connectivity index (χ3v) is 2.72. The summed E-state index contributed by atoms with van der Waals surface area (Å²) in [6.07, 6.45) is 1.27. The molecule has 1 atom stereocenters. The molecule has 0 fully saturated rings. The number of nitrogens with one attached hydrogen (secondary N) is 2. The van der Waals surface area contributed by atoms with Gasteiger partial charge in [0.1, 0.15) is 0 Å². The number of thioether (sulfide) groups is 1. The minimum Gasteiger partial charge on any atom is -0.261 e. The average molecular weight is 162 g/mol. The van der Waals surface area contributed by atoms with Crippen molar-refractivity contribution in [2.75, 3.05) is 19.3 Å². The highest BCUT2D eigenvalue weighted by atomic mass is 32.2. The van der Waals surface area contributed by atoms with E-state index in [4.69, 9.17) is 0 Å². The van der Waals surface area contributed by atoms with Gasteiger partial charge >= 0.3 is 0 Å². The summed E-state index contributed by atoms with van der Waals surface area (Å²) in [5.74, 6) is 1.19. The molecule has 10 heavy (non-hydrogen) atoms. The average Bonchev–Trinajstić information content (AvgIpc) is 1.98. The largest absolute Gasteiger partial charge is 0.261 e. The standard InChI is InChI=1S/C7H18N2S/c1-4-7(2)10-6-5-9-8-3/h7-9H,4-6H2,1-3H3. The summed E-state index contributed by atoms with van der Waals surface area (Å²) < 4.78 is 0. The molecule has 0 saturated carbocycles. The molecule has 0 spiro atoms. The van der Waals surface area contributed by atoms with Gasteiger partial charge < -0.3 is 0 Å². The molecule has 1 unspecified atom stereocenters. The first-order valence-corrected chi connectivity index (χ1v) is 4.87. The Morgan fingerprint density at radius 2 is 2.20 bits per heavy atom. The molecule has 0 saturated heterocycles. The van der Waals surface area contributed by atoms with Crippen LogP contribution in [-0.2, 0) is 0 Å². The molecule has 2 N–H and O–H groups in total. The van der Waals surface area contributed by atoms with Crippen molar-refractivity contribution in [2.24, 2.45) is 0 Å². The Kier molecular flexibility index (Phi) is 7.58. The van der Waals surface area contributed by atoms with Crippen LogP contribution in [0.25, 0.3) is 0 Å². The predicted molar refractivity (Wildman–Crippen MR) is 49.3 cm³/mol. The van der Waals surface area contributed by atoms with E-state index in [1.807, 2.05) is 18.8 Å². The van der Waals surface area contributed by atoms with Crippen LogP contribution >= 0.6 is 11.8 Å². The zero-order valence-electron chi connectivity index (χ0n) is 7.11. The van der Waals surface area contributed by atoms with Crippen LogP contribution in [0.15, 0.2) is 0 Å². The summed E-state index contributed by atoms with van der Waals surface area (Å²) >= 11 is 2.01. The van der Waals surface area contributed by atoms with Crippen LogP contribution in [0.1, 0.15) is 20.3 Å². The van der Waals surface area contributed by atoms with Gasteiger partial charge in [-0.2, -0.15) is 11.8 Å². The van der Waals surface area contributed by atoms with Crippen molar-refractivity contribution >= 4 is 11.8 Å². The zero-order valence-corrected chi connectivity index (χ0v) is 7.92. The van der Waals surface area contributed by atoms with Gasteiger partial charge in [0.15, 0.2) is 0 Å². The first-order chi connectivity index (χ1) is 4.81. The Balaban J connectivity index is 2.89. The highest BCUT2D eigenvalue weighted by molar-refractivity contribution is 7.99. The molecule has 62 valence electrons. The van der Waals surface area contributed by atoms with Crippen molar-refractivity contribution in [3.8, 4) is 0 Å². The fourth-order valence-corrected chi connectivity index (χ4v) is 1.41. The molecular weight excluding hydrogens is 144 g/mol. The fraction of sp³-hybridized carbons (Fsp3) is 1.00. The Hall–Kier alpha value is 0.270. The van der Waals surface area contributed by atoms with E-state index >= 15 is 0 Å². The van der Waals surface area contributed by atoms with E-state index < -0.39 is 0 Å². The second-order valence-corrected chi connectivity index (χ2v) is 3.81.